The second-order valence-electron chi connectivity index (χ2n) is 4.28. The lowest BCUT2D eigenvalue weighted by molar-refractivity contribution is -0.130. The summed E-state index contributed by atoms with van der Waals surface area (Å²) in [7, 11) is 3.69. The van der Waals surface area contributed by atoms with Crippen LogP contribution >= 0.6 is 12.4 Å². The van der Waals surface area contributed by atoms with Crippen LogP contribution in [-0.4, -0.2) is 38.0 Å². The van der Waals surface area contributed by atoms with E-state index in [0.29, 0.717) is 17.2 Å². The summed E-state index contributed by atoms with van der Waals surface area (Å²) in [6, 6.07) is 0. The third-order valence-electron chi connectivity index (χ3n) is 3.21. The van der Waals surface area contributed by atoms with Gasteiger partial charge in [-0.1, -0.05) is 0 Å². The molecule has 0 radical (unpaired) electrons. The highest BCUT2D eigenvalue weighted by Gasteiger charge is 2.59. The molecule has 3 nitrogen and oxygen atoms in total. The Labute approximate surface area is 85.3 Å². The first kappa shape index (κ1) is 10.8. The Bertz CT molecular complexity index is 212. The number of carbonyl (C=O) groups is 1. The van der Waals surface area contributed by atoms with Gasteiger partial charge in [0.1, 0.15) is 0 Å². The minimum absolute atomic E-state index is 0. The molecule has 1 aliphatic carbocycles. The number of nitrogens with one attached hydrogen (secondary N) is 1. The lowest BCUT2D eigenvalue weighted by atomic mass is 10.0. The van der Waals surface area contributed by atoms with Gasteiger partial charge < -0.3 is 10.2 Å². The fourth-order valence-corrected chi connectivity index (χ4v) is 2.24. The van der Waals surface area contributed by atoms with Gasteiger partial charge in [0.05, 0.1) is 0 Å². The average Bonchev–Trinajstić information content (AvgIpc) is 2.48. The quantitative estimate of drug-likeness (QED) is 0.675. The molecule has 13 heavy (non-hydrogen) atoms. The number of carbonyl (C=O) groups excluding carboxylic acids is 1. The molecule has 0 aromatic rings. The summed E-state index contributed by atoms with van der Waals surface area (Å²) in [6.45, 7) is 2.15. The van der Waals surface area contributed by atoms with Crippen molar-refractivity contribution in [2.24, 2.45) is 11.3 Å². The van der Waals surface area contributed by atoms with E-state index >= 15 is 0 Å². The second-order valence-corrected chi connectivity index (χ2v) is 4.28. The molecule has 1 heterocycles. The van der Waals surface area contributed by atoms with Crippen molar-refractivity contribution in [2.45, 2.75) is 12.8 Å². The van der Waals surface area contributed by atoms with Gasteiger partial charge in [-0.05, 0) is 24.8 Å². The Morgan fingerprint density at radius 1 is 1.54 bits per heavy atom. The summed E-state index contributed by atoms with van der Waals surface area (Å²) >= 11 is 0. The zero-order chi connectivity index (χ0) is 8.77. The van der Waals surface area contributed by atoms with Gasteiger partial charge in [0.2, 0.25) is 5.91 Å². The normalized spacial score (nSPS) is 35.7. The van der Waals surface area contributed by atoms with Crippen molar-refractivity contribution in [3.63, 3.8) is 0 Å². The molecule has 2 aliphatic rings. The van der Waals surface area contributed by atoms with Crippen LogP contribution in [0.15, 0.2) is 0 Å². The van der Waals surface area contributed by atoms with Crippen LogP contribution in [0, 0.1) is 11.3 Å². The summed E-state index contributed by atoms with van der Waals surface area (Å²) in [5, 5.41) is 3.33. The molecule has 1 spiro atoms. The molecule has 0 aromatic heterocycles. The van der Waals surface area contributed by atoms with Gasteiger partial charge in [0, 0.05) is 26.6 Å². The maximum atomic E-state index is 11.6. The zero-order valence-corrected chi connectivity index (χ0v) is 8.99. The van der Waals surface area contributed by atoms with E-state index in [2.05, 4.69) is 5.32 Å². The van der Waals surface area contributed by atoms with E-state index < -0.39 is 0 Å². The number of hydrogen-bond donors (Lipinski definition) is 1. The summed E-state index contributed by atoms with van der Waals surface area (Å²) in [6.07, 6.45) is 2.30. The zero-order valence-electron chi connectivity index (χ0n) is 8.17. The molecule has 2 unspecified atom stereocenters. The molecule has 2 rings (SSSR count). The number of rotatable bonds is 1. The van der Waals surface area contributed by atoms with E-state index in [0.717, 1.165) is 19.5 Å². The molecule has 2 atom stereocenters. The monoisotopic (exact) mass is 204 g/mol. The van der Waals surface area contributed by atoms with Gasteiger partial charge in [-0.25, -0.2) is 0 Å². The van der Waals surface area contributed by atoms with Gasteiger partial charge in [0.15, 0.2) is 0 Å². The summed E-state index contributed by atoms with van der Waals surface area (Å²) in [5.41, 5.74) is 0.362. The van der Waals surface area contributed by atoms with Crippen molar-refractivity contribution in [3.05, 3.63) is 0 Å². The highest BCUT2D eigenvalue weighted by Crippen LogP contribution is 2.56. The Morgan fingerprint density at radius 3 is 2.69 bits per heavy atom. The molecule has 1 saturated carbocycles. The molecule has 0 bridgehead atoms. The Morgan fingerprint density at radius 2 is 2.23 bits per heavy atom. The van der Waals surface area contributed by atoms with Crippen LogP contribution in [-0.2, 0) is 4.79 Å². The molecular formula is C9H17ClN2O. The molecular weight excluding hydrogens is 188 g/mol. The topological polar surface area (TPSA) is 32.3 Å². The Balaban J connectivity index is 0.000000845. The van der Waals surface area contributed by atoms with E-state index in [1.165, 1.54) is 6.42 Å². The first-order chi connectivity index (χ1) is 5.66. The second kappa shape index (κ2) is 3.46. The summed E-state index contributed by atoms with van der Waals surface area (Å²) in [5.74, 6) is 0.640. The minimum Gasteiger partial charge on any atom is -0.349 e. The van der Waals surface area contributed by atoms with E-state index in [1.54, 1.807) is 4.90 Å². The van der Waals surface area contributed by atoms with Crippen molar-refractivity contribution in [2.75, 3.05) is 27.2 Å². The standard InChI is InChI=1S/C9H16N2O.ClH/c1-11(2)8(12)7-5-9(7)3-4-10-6-9;/h7,10H,3-6H2,1-2H3;1H. The number of halogens is 1. The fourth-order valence-electron chi connectivity index (χ4n) is 2.24. The third-order valence-corrected chi connectivity index (χ3v) is 3.21. The van der Waals surface area contributed by atoms with Gasteiger partial charge in [-0.3, -0.25) is 4.79 Å². The third kappa shape index (κ3) is 1.67. The molecule has 76 valence electrons. The SMILES string of the molecule is CN(C)C(=O)C1CC12CCNC2.Cl. The average molecular weight is 205 g/mol. The van der Waals surface area contributed by atoms with Gasteiger partial charge in [-0.15, -0.1) is 12.4 Å². The molecule has 1 amide bonds. The van der Waals surface area contributed by atoms with E-state index in [4.69, 9.17) is 0 Å². The van der Waals surface area contributed by atoms with Crippen molar-refractivity contribution in [3.8, 4) is 0 Å². The largest absolute Gasteiger partial charge is 0.349 e. The number of nitrogens with zero attached hydrogens (tertiary/aromatic N) is 1. The van der Waals surface area contributed by atoms with Crippen LogP contribution in [0.3, 0.4) is 0 Å². The fraction of sp³-hybridized carbons (Fsp3) is 0.889. The number of amides is 1. The highest BCUT2D eigenvalue weighted by molar-refractivity contribution is 5.85. The van der Waals surface area contributed by atoms with Crippen molar-refractivity contribution >= 4 is 18.3 Å². The maximum absolute atomic E-state index is 11.6. The predicted octanol–water partition coefficient (Wildman–Crippen LogP) is 0.496. The van der Waals surface area contributed by atoms with E-state index in [9.17, 15) is 4.79 Å². The first-order valence-corrected chi connectivity index (χ1v) is 4.58. The Hall–Kier alpha value is -0.280. The van der Waals surface area contributed by atoms with Crippen LogP contribution in [0.4, 0.5) is 0 Å². The number of hydrogen-bond acceptors (Lipinski definition) is 2. The van der Waals surface area contributed by atoms with Crippen LogP contribution in [0.2, 0.25) is 0 Å². The van der Waals surface area contributed by atoms with Gasteiger partial charge >= 0.3 is 0 Å². The molecule has 1 saturated heterocycles. The van der Waals surface area contributed by atoms with E-state index in [-0.39, 0.29) is 12.4 Å². The molecule has 1 N–H and O–H groups in total. The first-order valence-electron chi connectivity index (χ1n) is 4.58. The highest BCUT2D eigenvalue weighted by atomic mass is 35.5. The van der Waals surface area contributed by atoms with Crippen molar-refractivity contribution in [1.29, 1.82) is 0 Å². The van der Waals surface area contributed by atoms with Crippen LogP contribution < -0.4 is 5.32 Å². The maximum Gasteiger partial charge on any atom is 0.225 e. The van der Waals surface area contributed by atoms with Crippen molar-refractivity contribution in [1.82, 2.24) is 10.2 Å². The van der Waals surface area contributed by atoms with Crippen LogP contribution in [0.1, 0.15) is 12.8 Å². The molecule has 0 aromatic carbocycles. The predicted molar refractivity (Wildman–Crippen MR) is 54.0 cm³/mol. The molecule has 4 heteroatoms. The van der Waals surface area contributed by atoms with E-state index in [1.807, 2.05) is 14.1 Å². The summed E-state index contributed by atoms with van der Waals surface area (Å²) in [4.78, 5) is 13.3. The smallest absolute Gasteiger partial charge is 0.225 e. The van der Waals surface area contributed by atoms with Crippen LogP contribution in [0.25, 0.3) is 0 Å². The van der Waals surface area contributed by atoms with Gasteiger partial charge in [0.25, 0.3) is 0 Å². The van der Waals surface area contributed by atoms with Gasteiger partial charge in [-0.2, -0.15) is 0 Å². The lowest BCUT2D eigenvalue weighted by Gasteiger charge is -2.12. The lowest BCUT2D eigenvalue weighted by Crippen LogP contribution is -2.26. The molecule has 2 fully saturated rings. The minimum atomic E-state index is 0. The van der Waals surface area contributed by atoms with Crippen molar-refractivity contribution < 1.29 is 4.79 Å². The summed E-state index contributed by atoms with van der Waals surface area (Å²) < 4.78 is 0. The Kier molecular flexibility index (Phi) is 2.88. The van der Waals surface area contributed by atoms with Crippen LogP contribution in [0.5, 0.6) is 0 Å². The molecule has 1 aliphatic heterocycles.